The van der Waals surface area contributed by atoms with Crippen LogP contribution in [0.15, 0.2) is 18.3 Å². The molecule has 1 fully saturated rings. The zero-order chi connectivity index (χ0) is 10.7. The van der Waals surface area contributed by atoms with Crippen molar-refractivity contribution in [3.8, 4) is 0 Å². The number of nitrogens with two attached hydrogens (primary N) is 1. The number of hydrogen-bond acceptors (Lipinski definition) is 4. The fraction of sp³-hybridized carbons (Fsp3) is 0.545. The fourth-order valence-electron chi connectivity index (χ4n) is 1.77. The second-order valence-corrected chi connectivity index (χ2v) is 3.85. The van der Waals surface area contributed by atoms with Crippen LogP contribution in [0.4, 0.5) is 5.82 Å². The molecule has 2 rings (SSSR count). The molecule has 15 heavy (non-hydrogen) atoms. The van der Waals surface area contributed by atoms with Crippen molar-refractivity contribution in [2.45, 2.75) is 19.5 Å². The molecular weight excluding hydrogens is 190 g/mol. The number of anilines is 1. The summed E-state index contributed by atoms with van der Waals surface area (Å²) in [6.45, 7) is 5.17. The zero-order valence-electron chi connectivity index (χ0n) is 9.02. The van der Waals surface area contributed by atoms with E-state index in [-0.39, 0.29) is 0 Å². The molecule has 0 radical (unpaired) electrons. The third kappa shape index (κ3) is 2.27. The first-order chi connectivity index (χ1) is 7.31. The molecule has 0 amide bonds. The summed E-state index contributed by atoms with van der Waals surface area (Å²) in [6.07, 6.45) is 1.84. The lowest BCUT2D eigenvalue weighted by molar-refractivity contribution is 0.0985. The van der Waals surface area contributed by atoms with Crippen molar-refractivity contribution >= 4 is 5.82 Å². The molecule has 1 aliphatic rings. The highest BCUT2D eigenvalue weighted by atomic mass is 16.5. The van der Waals surface area contributed by atoms with E-state index in [2.05, 4.69) is 16.8 Å². The Bertz CT molecular complexity index is 312. The minimum absolute atomic E-state index is 0.398. The van der Waals surface area contributed by atoms with Gasteiger partial charge in [0.15, 0.2) is 0 Å². The van der Waals surface area contributed by atoms with E-state index in [1.54, 1.807) is 0 Å². The Labute approximate surface area is 90.0 Å². The number of ether oxygens (including phenoxy) is 1. The van der Waals surface area contributed by atoms with Crippen LogP contribution in [0.3, 0.4) is 0 Å². The van der Waals surface area contributed by atoms with Crippen LogP contribution in [0.1, 0.15) is 12.5 Å². The van der Waals surface area contributed by atoms with E-state index in [9.17, 15) is 0 Å². The van der Waals surface area contributed by atoms with Crippen LogP contribution in [-0.4, -0.2) is 30.8 Å². The highest BCUT2D eigenvalue weighted by Crippen LogP contribution is 2.16. The molecule has 1 aliphatic heterocycles. The Morgan fingerprint density at radius 1 is 1.60 bits per heavy atom. The highest BCUT2D eigenvalue weighted by molar-refractivity contribution is 5.40. The highest BCUT2D eigenvalue weighted by Gasteiger charge is 2.19. The van der Waals surface area contributed by atoms with E-state index < -0.39 is 0 Å². The van der Waals surface area contributed by atoms with Crippen LogP contribution in [-0.2, 0) is 11.3 Å². The molecule has 82 valence electrons. The van der Waals surface area contributed by atoms with Gasteiger partial charge in [-0.25, -0.2) is 4.98 Å². The van der Waals surface area contributed by atoms with Gasteiger partial charge in [-0.3, -0.25) is 0 Å². The molecule has 1 unspecified atom stereocenters. The van der Waals surface area contributed by atoms with E-state index in [1.165, 1.54) is 0 Å². The van der Waals surface area contributed by atoms with Gasteiger partial charge >= 0.3 is 0 Å². The Morgan fingerprint density at radius 3 is 3.07 bits per heavy atom. The molecule has 1 aromatic rings. The summed E-state index contributed by atoms with van der Waals surface area (Å²) in [4.78, 5) is 6.68. The van der Waals surface area contributed by atoms with E-state index in [4.69, 9.17) is 10.5 Å². The van der Waals surface area contributed by atoms with Gasteiger partial charge in [-0.15, -0.1) is 0 Å². The van der Waals surface area contributed by atoms with Gasteiger partial charge in [0.25, 0.3) is 0 Å². The molecular formula is C11H17N3O. The predicted molar refractivity (Wildman–Crippen MR) is 59.8 cm³/mol. The van der Waals surface area contributed by atoms with Crippen molar-refractivity contribution in [2.24, 2.45) is 5.73 Å². The van der Waals surface area contributed by atoms with Crippen LogP contribution in [0.2, 0.25) is 0 Å². The van der Waals surface area contributed by atoms with Gasteiger partial charge in [-0.2, -0.15) is 0 Å². The van der Waals surface area contributed by atoms with Crippen molar-refractivity contribution in [3.63, 3.8) is 0 Å². The molecule has 0 bridgehead atoms. The van der Waals surface area contributed by atoms with Crippen molar-refractivity contribution in [1.82, 2.24) is 4.98 Å². The van der Waals surface area contributed by atoms with Gasteiger partial charge in [-0.05, 0) is 18.6 Å². The maximum absolute atomic E-state index is 5.53. The topological polar surface area (TPSA) is 51.4 Å². The second kappa shape index (κ2) is 4.59. The summed E-state index contributed by atoms with van der Waals surface area (Å²) in [5.74, 6) is 1.02. The second-order valence-electron chi connectivity index (χ2n) is 3.85. The summed E-state index contributed by atoms with van der Waals surface area (Å²) in [6, 6.07) is 4.46. The fourth-order valence-corrected chi connectivity index (χ4v) is 1.77. The van der Waals surface area contributed by atoms with Crippen molar-refractivity contribution in [2.75, 3.05) is 24.7 Å². The summed E-state index contributed by atoms with van der Waals surface area (Å²) >= 11 is 0. The van der Waals surface area contributed by atoms with E-state index in [1.807, 2.05) is 18.3 Å². The molecule has 1 aromatic heterocycles. The lowest BCUT2D eigenvalue weighted by atomic mass is 10.2. The largest absolute Gasteiger partial charge is 0.377 e. The third-order valence-corrected chi connectivity index (χ3v) is 2.71. The Hall–Kier alpha value is -1.13. The molecule has 0 aliphatic carbocycles. The lowest BCUT2D eigenvalue weighted by Gasteiger charge is -2.34. The Morgan fingerprint density at radius 2 is 2.47 bits per heavy atom. The molecule has 0 saturated carbocycles. The van der Waals surface area contributed by atoms with Crippen LogP contribution in [0, 0.1) is 0 Å². The number of morpholine rings is 1. The van der Waals surface area contributed by atoms with Gasteiger partial charge in [-0.1, -0.05) is 6.07 Å². The third-order valence-electron chi connectivity index (χ3n) is 2.71. The van der Waals surface area contributed by atoms with Crippen LogP contribution < -0.4 is 10.6 Å². The molecule has 1 saturated heterocycles. The number of hydrogen-bond donors (Lipinski definition) is 1. The zero-order valence-corrected chi connectivity index (χ0v) is 9.02. The number of nitrogens with zero attached hydrogens (tertiary/aromatic N) is 2. The maximum Gasteiger partial charge on any atom is 0.128 e. The van der Waals surface area contributed by atoms with Gasteiger partial charge in [0.05, 0.1) is 19.3 Å². The predicted octanol–water partition coefficient (Wildman–Crippen LogP) is 0.765. The maximum atomic E-state index is 5.53. The van der Waals surface area contributed by atoms with Gasteiger partial charge in [0, 0.05) is 19.3 Å². The Kier molecular flexibility index (Phi) is 3.18. The van der Waals surface area contributed by atoms with Gasteiger partial charge < -0.3 is 15.4 Å². The molecule has 2 N–H and O–H groups in total. The first kappa shape index (κ1) is 10.4. The molecule has 4 heteroatoms. The number of rotatable bonds is 2. The Balaban J connectivity index is 2.13. The quantitative estimate of drug-likeness (QED) is 0.778. The van der Waals surface area contributed by atoms with E-state index >= 15 is 0 Å². The van der Waals surface area contributed by atoms with Crippen LogP contribution in [0.5, 0.6) is 0 Å². The number of aromatic nitrogens is 1. The first-order valence-corrected chi connectivity index (χ1v) is 5.30. The van der Waals surface area contributed by atoms with Crippen LogP contribution in [0.25, 0.3) is 0 Å². The summed E-state index contributed by atoms with van der Waals surface area (Å²) < 4.78 is 5.39. The summed E-state index contributed by atoms with van der Waals surface area (Å²) in [7, 11) is 0. The minimum Gasteiger partial charge on any atom is -0.377 e. The van der Waals surface area contributed by atoms with Gasteiger partial charge in [0.2, 0.25) is 0 Å². The average molecular weight is 207 g/mol. The van der Waals surface area contributed by atoms with Gasteiger partial charge in [0.1, 0.15) is 5.82 Å². The molecule has 1 atom stereocenters. The molecule has 2 heterocycles. The average Bonchev–Trinajstić information content (AvgIpc) is 2.30. The smallest absolute Gasteiger partial charge is 0.128 e. The molecule has 0 spiro atoms. The standard InChI is InChI=1S/C11H17N3O/c1-9-8-15-5-4-14(9)11-3-2-10(6-12)7-13-11/h2-3,7,9H,4-6,8,12H2,1H3. The first-order valence-electron chi connectivity index (χ1n) is 5.30. The lowest BCUT2D eigenvalue weighted by Crippen LogP contribution is -2.44. The normalized spacial score (nSPS) is 21.7. The molecule has 4 nitrogen and oxygen atoms in total. The molecule has 0 aromatic carbocycles. The summed E-state index contributed by atoms with van der Waals surface area (Å²) in [5.41, 5.74) is 6.60. The van der Waals surface area contributed by atoms with E-state index in [0.717, 1.165) is 31.1 Å². The van der Waals surface area contributed by atoms with Crippen LogP contribution >= 0.6 is 0 Å². The summed E-state index contributed by atoms with van der Waals surface area (Å²) in [5, 5.41) is 0. The van der Waals surface area contributed by atoms with Crippen molar-refractivity contribution in [3.05, 3.63) is 23.9 Å². The number of pyridine rings is 1. The minimum atomic E-state index is 0.398. The van der Waals surface area contributed by atoms with E-state index in [0.29, 0.717) is 12.6 Å². The van der Waals surface area contributed by atoms with Crippen molar-refractivity contribution < 1.29 is 4.74 Å². The monoisotopic (exact) mass is 207 g/mol. The van der Waals surface area contributed by atoms with Crippen molar-refractivity contribution in [1.29, 1.82) is 0 Å². The SMILES string of the molecule is CC1COCCN1c1ccc(CN)cn1.